The van der Waals surface area contributed by atoms with E-state index in [0.29, 0.717) is 17.2 Å². The summed E-state index contributed by atoms with van der Waals surface area (Å²) < 4.78 is 0. The highest BCUT2D eigenvalue weighted by Crippen LogP contribution is 2.27. The smallest absolute Gasteiger partial charge is 0.338 e. The highest BCUT2D eigenvalue weighted by atomic mass is 16.4. The second-order valence-electron chi connectivity index (χ2n) is 4.93. The second kappa shape index (κ2) is 5.84. The van der Waals surface area contributed by atoms with Gasteiger partial charge in [0.25, 0.3) is 0 Å². The molecule has 1 aliphatic carbocycles. The van der Waals surface area contributed by atoms with Gasteiger partial charge in [-0.25, -0.2) is 4.79 Å². The van der Waals surface area contributed by atoms with Crippen molar-refractivity contribution < 1.29 is 14.7 Å². The van der Waals surface area contributed by atoms with E-state index in [1.165, 1.54) is 12.8 Å². The predicted octanol–water partition coefficient (Wildman–Crippen LogP) is 1.63. The molecule has 0 heterocycles. The Labute approximate surface area is 112 Å². The maximum atomic E-state index is 11.7. The van der Waals surface area contributed by atoms with E-state index < -0.39 is 5.97 Å². The van der Waals surface area contributed by atoms with Crippen molar-refractivity contribution in [3.63, 3.8) is 0 Å². The fraction of sp³-hybridized carbons (Fsp3) is 0.429. The van der Waals surface area contributed by atoms with Gasteiger partial charge < -0.3 is 15.7 Å². The number of amides is 1. The molecule has 1 aromatic carbocycles. The first kappa shape index (κ1) is 13.5. The Morgan fingerprint density at radius 2 is 2.11 bits per heavy atom. The summed E-state index contributed by atoms with van der Waals surface area (Å²) in [7, 11) is 0. The lowest BCUT2D eigenvalue weighted by molar-refractivity contribution is -0.115. The van der Waals surface area contributed by atoms with E-state index in [-0.39, 0.29) is 18.0 Å². The number of carboxylic acid groups (broad SMARTS) is 1. The number of hydrogen-bond donors (Lipinski definition) is 3. The van der Waals surface area contributed by atoms with Gasteiger partial charge in [0.2, 0.25) is 5.91 Å². The number of anilines is 1. The van der Waals surface area contributed by atoms with Crippen LogP contribution < -0.4 is 10.6 Å². The number of nitrogens with one attached hydrogen (secondary N) is 2. The molecule has 1 aromatic rings. The van der Waals surface area contributed by atoms with Crippen molar-refractivity contribution in [1.29, 1.82) is 0 Å². The summed E-state index contributed by atoms with van der Waals surface area (Å²) in [6.07, 6.45) is 2.46. The zero-order valence-electron chi connectivity index (χ0n) is 10.9. The van der Waals surface area contributed by atoms with Crippen LogP contribution in [0.15, 0.2) is 18.2 Å². The maximum Gasteiger partial charge on any atom is 0.338 e. The number of carboxylic acids is 1. The van der Waals surface area contributed by atoms with Gasteiger partial charge in [0.15, 0.2) is 0 Å². The molecule has 0 atom stereocenters. The number of rotatable bonds is 6. The minimum absolute atomic E-state index is 0.151. The molecule has 19 heavy (non-hydrogen) atoms. The molecule has 102 valence electrons. The largest absolute Gasteiger partial charge is 0.478 e. The molecule has 0 radical (unpaired) electrons. The van der Waals surface area contributed by atoms with Gasteiger partial charge in [0.1, 0.15) is 0 Å². The predicted molar refractivity (Wildman–Crippen MR) is 72.4 cm³/mol. The molecule has 1 saturated carbocycles. The van der Waals surface area contributed by atoms with Crippen molar-refractivity contribution in [2.45, 2.75) is 19.8 Å². The Balaban J connectivity index is 1.95. The van der Waals surface area contributed by atoms with Crippen molar-refractivity contribution in [3.8, 4) is 0 Å². The van der Waals surface area contributed by atoms with E-state index in [2.05, 4.69) is 10.6 Å². The molecule has 1 amide bonds. The van der Waals surface area contributed by atoms with Crippen LogP contribution in [-0.4, -0.2) is 30.1 Å². The molecular formula is C14H18N2O3. The van der Waals surface area contributed by atoms with Crippen LogP contribution in [0.5, 0.6) is 0 Å². The number of benzene rings is 1. The fourth-order valence-electron chi connectivity index (χ4n) is 1.96. The summed E-state index contributed by atoms with van der Waals surface area (Å²) in [6, 6.07) is 5.05. The summed E-state index contributed by atoms with van der Waals surface area (Å²) in [5, 5.41) is 14.9. The average molecular weight is 262 g/mol. The first-order valence-electron chi connectivity index (χ1n) is 6.41. The van der Waals surface area contributed by atoms with Crippen molar-refractivity contribution in [3.05, 3.63) is 29.3 Å². The Kier molecular flexibility index (Phi) is 4.16. The van der Waals surface area contributed by atoms with E-state index in [0.717, 1.165) is 6.54 Å². The van der Waals surface area contributed by atoms with Crippen molar-refractivity contribution in [2.24, 2.45) is 5.92 Å². The molecule has 0 saturated heterocycles. The molecule has 0 bridgehead atoms. The van der Waals surface area contributed by atoms with Crippen LogP contribution in [0.4, 0.5) is 5.69 Å². The third kappa shape index (κ3) is 3.79. The van der Waals surface area contributed by atoms with Crippen LogP contribution in [0, 0.1) is 12.8 Å². The van der Waals surface area contributed by atoms with Crippen LogP contribution in [0.1, 0.15) is 28.8 Å². The number of carbonyl (C=O) groups excluding carboxylic acids is 1. The van der Waals surface area contributed by atoms with E-state index in [9.17, 15) is 9.59 Å². The standard InChI is InChI=1S/C14H18N2O3/c1-9-3-2-4-11(13(9)14(18)19)16-12(17)8-15-7-10-5-6-10/h2-4,10,15H,5-8H2,1H3,(H,16,17)(H,18,19). The van der Waals surface area contributed by atoms with Crippen molar-refractivity contribution in [2.75, 3.05) is 18.4 Å². The van der Waals surface area contributed by atoms with E-state index in [1.807, 2.05) is 0 Å². The summed E-state index contributed by atoms with van der Waals surface area (Å²) in [6.45, 7) is 2.78. The molecular weight excluding hydrogens is 244 g/mol. The van der Waals surface area contributed by atoms with Crippen molar-refractivity contribution >= 4 is 17.6 Å². The molecule has 0 aliphatic heterocycles. The quantitative estimate of drug-likeness (QED) is 0.728. The molecule has 1 fully saturated rings. The molecule has 1 aliphatic rings. The minimum Gasteiger partial charge on any atom is -0.478 e. The molecule has 3 N–H and O–H groups in total. The number of aryl methyl sites for hydroxylation is 1. The molecule has 5 nitrogen and oxygen atoms in total. The SMILES string of the molecule is Cc1cccc(NC(=O)CNCC2CC2)c1C(=O)O. The fourth-order valence-corrected chi connectivity index (χ4v) is 1.96. The minimum atomic E-state index is -1.03. The monoisotopic (exact) mass is 262 g/mol. The van der Waals surface area contributed by atoms with E-state index >= 15 is 0 Å². The lowest BCUT2D eigenvalue weighted by Crippen LogP contribution is -2.30. The van der Waals surface area contributed by atoms with E-state index in [1.54, 1.807) is 25.1 Å². The van der Waals surface area contributed by atoms with Gasteiger partial charge in [0.05, 0.1) is 17.8 Å². The average Bonchev–Trinajstić information content (AvgIpc) is 3.12. The summed E-state index contributed by atoms with van der Waals surface area (Å²) in [5.41, 5.74) is 1.14. The second-order valence-corrected chi connectivity index (χ2v) is 4.93. The van der Waals surface area contributed by atoms with Crippen LogP contribution in [0.25, 0.3) is 0 Å². The Hall–Kier alpha value is -1.88. The lowest BCUT2D eigenvalue weighted by Gasteiger charge is -2.11. The Morgan fingerprint density at radius 1 is 1.37 bits per heavy atom. The molecule has 0 aromatic heterocycles. The molecule has 0 unspecified atom stereocenters. The summed E-state index contributed by atoms with van der Waals surface area (Å²) >= 11 is 0. The lowest BCUT2D eigenvalue weighted by atomic mass is 10.1. The van der Waals surface area contributed by atoms with Crippen LogP contribution in [-0.2, 0) is 4.79 Å². The van der Waals surface area contributed by atoms with Gasteiger partial charge in [-0.15, -0.1) is 0 Å². The molecule has 0 spiro atoms. The van der Waals surface area contributed by atoms with E-state index in [4.69, 9.17) is 5.11 Å². The first-order valence-corrected chi connectivity index (χ1v) is 6.41. The van der Waals surface area contributed by atoms with Crippen LogP contribution in [0.3, 0.4) is 0 Å². The normalized spacial score (nSPS) is 14.2. The first-order chi connectivity index (χ1) is 9.08. The number of hydrogen-bond acceptors (Lipinski definition) is 3. The van der Waals surface area contributed by atoms with Gasteiger partial charge in [-0.05, 0) is 43.9 Å². The zero-order chi connectivity index (χ0) is 13.8. The van der Waals surface area contributed by atoms with Gasteiger partial charge in [-0.2, -0.15) is 0 Å². The summed E-state index contributed by atoms with van der Waals surface area (Å²) in [5.74, 6) is -0.533. The van der Waals surface area contributed by atoms with Gasteiger partial charge >= 0.3 is 5.97 Å². The zero-order valence-corrected chi connectivity index (χ0v) is 10.9. The van der Waals surface area contributed by atoms with Crippen LogP contribution in [0.2, 0.25) is 0 Å². The molecule has 5 heteroatoms. The maximum absolute atomic E-state index is 11.7. The third-order valence-electron chi connectivity index (χ3n) is 3.18. The van der Waals surface area contributed by atoms with Gasteiger partial charge in [-0.3, -0.25) is 4.79 Å². The topological polar surface area (TPSA) is 78.4 Å². The third-order valence-corrected chi connectivity index (χ3v) is 3.18. The van der Waals surface area contributed by atoms with Gasteiger partial charge in [0, 0.05) is 0 Å². The Morgan fingerprint density at radius 3 is 2.74 bits per heavy atom. The summed E-state index contributed by atoms with van der Waals surface area (Å²) in [4.78, 5) is 22.9. The number of aromatic carboxylic acids is 1. The highest BCUT2D eigenvalue weighted by molar-refractivity contribution is 6.02. The Bertz CT molecular complexity index is 495. The van der Waals surface area contributed by atoms with Crippen molar-refractivity contribution in [1.82, 2.24) is 5.32 Å². The molecule has 2 rings (SSSR count). The highest BCUT2D eigenvalue weighted by Gasteiger charge is 2.21. The number of carbonyl (C=O) groups is 2. The van der Waals surface area contributed by atoms with Gasteiger partial charge in [-0.1, -0.05) is 12.1 Å². The van der Waals surface area contributed by atoms with Crippen LogP contribution >= 0.6 is 0 Å².